The van der Waals surface area contributed by atoms with Crippen LogP contribution in [0, 0.1) is 0 Å². The van der Waals surface area contributed by atoms with Gasteiger partial charge in [0.1, 0.15) is 0 Å². The summed E-state index contributed by atoms with van der Waals surface area (Å²) in [7, 11) is -1.28. The second-order valence-electron chi connectivity index (χ2n) is 7.16. The maximum atomic E-state index is 12.8. The van der Waals surface area contributed by atoms with E-state index in [9.17, 15) is 13.2 Å². The molecule has 138 valence electrons. The van der Waals surface area contributed by atoms with Crippen molar-refractivity contribution in [3.05, 3.63) is 34.9 Å². The predicted octanol–water partition coefficient (Wildman–Crippen LogP) is 2.51. The average molecular weight is 385 g/mol. The minimum atomic E-state index is -3.00. The number of carbonyl (C=O) groups is 1. The van der Waals surface area contributed by atoms with Gasteiger partial charge in [-0.15, -0.1) is 0 Å². The first-order valence-electron chi connectivity index (χ1n) is 8.75. The van der Waals surface area contributed by atoms with E-state index in [1.54, 1.807) is 11.9 Å². The molecule has 1 saturated carbocycles. The minimum absolute atomic E-state index is 0.0205. The van der Waals surface area contributed by atoms with Crippen molar-refractivity contribution in [1.29, 1.82) is 0 Å². The molecule has 1 aliphatic heterocycles. The predicted molar refractivity (Wildman–Crippen MR) is 99.4 cm³/mol. The van der Waals surface area contributed by atoms with Gasteiger partial charge in [-0.1, -0.05) is 29.8 Å². The lowest BCUT2D eigenvalue weighted by molar-refractivity contribution is -0.133. The minimum Gasteiger partial charge on any atom is -0.341 e. The van der Waals surface area contributed by atoms with Gasteiger partial charge in [0, 0.05) is 30.2 Å². The summed E-state index contributed by atoms with van der Waals surface area (Å²) in [6.07, 6.45) is 2.71. The first-order chi connectivity index (χ1) is 11.8. The third-order valence-corrected chi connectivity index (χ3v) is 7.43. The Bertz CT molecular complexity index is 748. The fraction of sp³-hybridized carbons (Fsp3) is 0.611. The number of carbonyl (C=O) groups excluding carboxylic acids is 1. The molecule has 0 bridgehead atoms. The molecule has 25 heavy (non-hydrogen) atoms. The van der Waals surface area contributed by atoms with Crippen LogP contribution < -0.4 is 0 Å². The van der Waals surface area contributed by atoms with Crippen molar-refractivity contribution in [3.8, 4) is 0 Å². The van der Waals surface area contributed by atoms with Crippen molar-refractivity contribution in [3.63, 3.8) is 0 Å². The number of amides is 1. The number of sulfone groups is 1. The number of rotatable bonds is 6. The van der Waals surface area contributed by atoms with Crippen LogP contribution in [0.5, 0.6) is 0 Å². The Morgan fingerprint density at radius 1 is 1.24 bits per heavy atom. The number of hydrogen-bond acceptors (Lipinski definition) is 4. The van der Waals surface area contributed by atoms with Crippen molar-refractivity contribution in [1.82, 2.24) is 9.80 Å². The van der Waals surface area contributed by atoms with Crippen LogP contribution in [-0.4, -0.2) is 61.3 Å². The van der Waals surface area contributed by atoms with Gasteiger partial charge in [-0.05, 0) is 37.8 Å². The summed E-state index contributed by atoms with van der Waals surface area (Å²) in [6, 6.07) is 7.98. The van der Waals surface area contributed by atoms with Crippen molar-refractivity contribution in [2.24, 2.45) is 0 Å². The fourth-order valence-corrected chi connectivity index (χ4v) is 5.60. The summed E-state index contributed by atoms with van der Waals surface area (Å²) < 4.78 is 23.4. The lowest BCUT2D eigenvalue weighted by Gasteiger charge is -2.32. The second kappa shape index (κ2) is 7.25. The second-order valence-corrected chi connectivity index (χ2v) is 9.80. The molecule has 1 aliphatic carbocycles. The molecule has 0 spiro atoms. The van der Waals surface area contributed by atoms with E-state index >= 15 is 0 Å². The molecule has 7 heteroatoms. The van der Waals surface area contributed by atoms with Crippen molar-refractivity contribution < 1.29 is 13.2 Å². The van der Waals surface area contributed by atoms with Crippen LogP contribution in [0.2, 0.25) is 5.02 Å². The van der Waals surface area contributed by atoms with Crippen LogP contribution in [-0.2, 0) is 14.6 Å². The van der Waals surface area contributed by atoms with Crippen molar-refractivity contribution in [2.75, 3.05) is 25.1 Å². The lowest BCUT2D eigenvalue weighted by Crippen LogP contribution is -2.45. The lowest BCUT2D eigenvalue weighted by atomic mass is 10.1. The molecular formula is C18H25ClN2O3S. The quantitative estimate of drug-likeness (QED) is 0.756. The third-order valence-electron chi connectivity index (χ3n) is 5.34. The zero-order chi connectivity index (χ0) is 18.2. The van der Waals surface area contributed by atoms with Gasteiger partial charge in [-0.3, -0.25) is 9.69 Å². The Morgan fingerprint density at radius 2 is 1.92 bits per heavy atom. The van der Waals surface area contributed by atoms with E-state index in [-0.39, 0.29) is 29.5 Å². The molecule has 1 aromatic rings. The molecule has 2 aliphatic rings. The van der Waals surface area contributed by atoms with Gasteiger partial charge in [-0.2, -0.15) is 0 Å². The highest BCUT2D eigenvalue weighted by molar-refractivity contribution is 7.91. The summed E-state index contributed by atoms with van der Waals surface area (Å²) in [5.74, 6) is 0.240. The molecule has 1 aromatic carbocycles. The maximum absolute atomic E-state index is 12.8. The summed E-state index contributed by atoms with van der Waals surface area (Å²) in [6.45, 7) is 2.37. The highest BCUT2D eigenvalue weighted by Gasteiger charge is 2.37. The molecular weight excluding hydrogens is 360 g/mol. The number of halogens is 1. The molecule has 3 rings (SSSR count). The summed E-state index contributed by atoms with van der Waals surface area (Å²) in [5.41, 5.74) is 1.02. The maximum Gasteiger partial charge on any atom is 0.236 e. The Kier molecular flexibility index (Phi) is 5.42. The molecule has 2 fully saturated rings. The Labute approximate surface area is 154 Å². The number of hydrogen-bond donors (Lipinski definition) is 0. The van der Waals surface area contributed by atoms with Gasteiger partial charge in [0.25, 0.3) is 0 Å². The van der Waals surface area contributed by atoms with Crippen LogP contribution in [0.1, 0.15) is 37.8 Å². The molecule has 1 saturated heterocycles. The zero-order valence-corrected chi connectivity index (χ0v) is 16.3. The third kappa shape index (κ3) is 4.36. The van der Waals surface area contributed by atoms with Crippen molar-refractivity contribution >= 4 is 27.3 Å². The van der Waals surface area contributed by atoms with E-state index in [2.05, 4.69) is 11.8 Å². The van der Waals surface area contributed by atoms with E-state index in [1.807, 2.05) is 24.3 Å². The highest BCUT2D eigenvalue weighted by Crippen LogP contribution is 2.36. The number of benzene rings is 1. The summed E-state index contributed by atoms with van der Waals surface area (Å²) in [5, 5.41) is 0.711. The monoisotopic (exact) mass is 384 g/mol. The van der Waals surface area contributed by atoms with E-state index < -0.39 is 9.84 Å². The zero-order valence-electron chi connectivity index (χ0n) is 14.7. The van der Waals surface area contributed by atoms with Gasteiger partial charge >= 0.3 is 0 Å². The normalized spacial score (nSPS) is 23.6. The topological polar surface area (TPSA) is 57.7 Å². The summed E-state index contributed by atoms with van der Waals surface area (Å²) in [4.78, 5) is 16.6. The first kappa shape index (κ1) is 18.7. The van der Waals surface area contributed by atoms with Gasteiger partial charge in [0.2, 0.25) is 5.91 Å². The molecule has 0 N–H and O–H groups in total. The van der Waals surface area contributed by atoms with Crippen LogP contribution in [0.3, 0.4) is 0 Å². The van der Waals surface area contributed by atoms with Crippen LogP contribution in [0.4, 0.5) is 0 Å². The number of nitrogens with zero attached hydrogens (tertiary/aromatic N) is 2. The SMILES string of the molecule is CC(c1ccccc1Cl)N(CC(=O)N(C)C1CCS(=O)(=O)C1)C1CC1. The summed E-state index contributed by atoms with van der Waals surface area (Å²) >= 11 is 6.33. The average Bonchev–Trinajstić information content (AvgIpc) is 3.34. The van der Waals surface area contributed by atoms with E-state index in [0.29, 0.717) is 24.0 Å². The highest BCUT2D eigenvalue weighted by atomic mass is 35.5. The standard InChI is InChI=1S/C18H25ClN2O3S/c1-13(16-5-3-4-6-17(16)19)21(14-7-8-14)11-18(22)20(2)15-9-10-25(23,24)12-15/h3-6,13-15H,7-12H2,1-2H3. The largest absolute Gasteiger partial charge is 0.341 e. The molecule has 2 unspecified atom stereocenters. The molecule has 1 amide bonds. The molecule has 1 heterocycles. The Hall–Kier alpha value is -1.11. The molecule has 5 nitrogen and oxygen atoms in total. The molecule has 0 radical (unpaired) electrons. The van der Waals surface area contributed by atoms with Crippen LogP contribution in [0.25, 0.3) is 0 Å². The fourth-order valence-electron chi connectivity index (χ4n) is 3.53. The van der Waals surface area contributed by atoms with Crippen molar-refractivity contribution in [2.45, 2.75) is 44.3 Å². The van der Waals surface area contributed by atoms with Gasteiger partial charge in [0.05, 0.1) is 18.1 Å². The van der Waals surface area contributed by atoms with E-state index in [4.69, 9.17) is 11.6 Å². The van der Waals surface area contributed by atoms with Gasteiger partial charge in [0.15, 0.2) is 9.84 Å². The number of likely N-dealkylation sites (N-methyl/N-ethyl adjacent to an activating group) is 1. The first-order valence-corrected chi connectivity index (χ1v) is 10.9. The smallest absolute Gasteiger partial charge is 0.236 e. The molecule has 2 atom stereocenters. The van der Waals surface area contributed by atoms with E-state index in [0.717, 1.165) is 18.4 Å². The van der Waals surface area contributed by atoms with Crippen LogP contribution in [0.15, 0.2) is 24.3 Å². The molecule has 0 aromatic heterocycles. The van der Waals surface area contributed by atoms with Gasteiger partial charge < -0.3 is 4.90 Å². The van der Waals surface area contributed by atoms with E-state index in [1.165, 1.54) is 0 Å². The Balaban J connectivity index is 1.70. The Morgan fingerprint density at radius 3 is 2.48 bits per heavy atom. The van der Waals surface area contributed by atoms with Gasteiger partial charge in [-0.25, -0.2) is 8.42 Å². The van der Waals surface area contributed by atoms with Crippen LogP contribution >= 0.6 is 11.6 Å².